The Kier molecular flexibility index (Phi) is 6.30. The summed E-state index contributed by atoms with van der Waals surface area (Å²) < 4.78 is 27.7. The third kappa shape index (κ3) is 4.72. The highest BCUT2D eigenvalue weighted by Crippen LogP contribution is 2.51. The summed E-state index contributed by atoms with van der Waals surface area (Å²) >= 11 is 5.99. The van der Waals surface area contributed by atoms with Gasteiger partial charge in [0.15, 0.2) is 0 Å². The number of rotatable bonds is 6. The highest BCUT2D eigenvalue weighted by Gasteiger charge is 2.32. The summed E-state index contributed by atoms with van der Waals surface area (Å²) in [6.45, 7) is 4.18. The molecule has 6 heteroatoms. The Balaban J connectivity index is 2.45. The van der Waals surface area contributed by atoms with Gasteiger partial charge in [0.2, 0.25) is 0 Å². The van der Waals surface area contributed by atoms with Gasteiger partial charge in [-0.1, -0.05) is 0 Å². The van der Waals surface area contributed by atoms with Gasteiger partial charge in [0, 0.05) is 5.38 Å². The molecular weight excluding hydrogens is 251 g/mol. The third-order valence-electron chi connectivity index (χ3n) is 2.46. The minimum absolute atomic E-state index is 0.0565. The lowest BCUT2D eigenvalue weighted by atomic mass is 9.98. The molecule has 0 spiro atoms. The average molecular weight is 271 g/mol. The molecule has 0 bridgehead atoms. The summed E-state index contributed by atoms with van der Waals surface area (Å²) in [6.07, 6.45) is 3.37. The van der Waals surface area contributed by atoms with Crippen LogP contribution in [0, 0.1) is 0 Å². The second-order valence-corrected chi connectivity index (χ2v) is 6.00. The summed E-state index contributed by atoms with van der Waals surface area (Å²) in [6, 6.07) is 0. The first-order valence-electron chi connectivity index (χ1n) is 5.81. The van der Waals surface area contributed by atoms with E-state index in [1.165, 1.54) is 0 Å². The van der Waals surface area contributed by atoms with Crippen molar-refractivity contribution in [1.29, 1.82) is 0 Å². The maximum atomic E-state index is 12.1. The van der Waals surface area contributed by atoms with Crippen molar-refractivity contribution >= 4 is 19.4 Å². The highest BCUT2D eigenvalue weighted by atomic mass is 35.5. The molecule has 0 aliphatic heterocycles. The standard InChI is InChI=1S/C10H20ClO4P/c1-3-13-16(12,14-4-2)15-10-7-5-9(11)6-8-10/h9-10H,3-8H2,1-2H3. The van der Waals surface area contributed by atoms with Crippen LogP contribution in [0.4, 0.5) is 0 Å². The van der Waals surface area contributed by atoms with Crippen molar-refractivity contribution in [3.63, 3.8) is 0 Å². The molecule has 0 atom stereocenters. The number of alkyl halides is 1. The summed E-state index contributed by atoms with van der Waals surface area (Å²) in [7, 11) is -3.35. The Hall–Kier alpha value is 0.400. The number of phosphoric acid groups is 1. The molecule has 0 saturated heterocycles. The summed E-state index contributed by atoms with van der Waals surface area (Å²) in [5, 5.41) is 0.221. The Morgan fingerprint density at radius 1 is 1.12 bits per heavy atom. The number of hydrogen-bond donors (Lipinski definition) is 0. The van der Waals surface area contributed by atoms with E-state index in [1.54, 1.807) is 13.8 Å². The normalized spacial score (nSPS) is 26.9. The van der Waals surface area contributed by atoms with E-state index in [0.29, 0.717) is 13.2 Å². The monoisotopic (exact) mass is 270 g/mol. The van der Waals surface area contributed by atoms with Crippen molar-refractivity contribution in [2.45, 2.75) is 51.0 Å². The maximum absolute atomic E-state index is 12.1. The molecule has 96 valence electrons. The molecule has 0 unspecified atom stereocenters. The van der Waals surface area contributed by atoms with Crippen molar-refractivity contribution < 1.29 is 18.1 Å². The van der Waals surface area contributed by atoms with Gasteiger partial charge in [-0.05, 0) is 39.5 Å². The largest absolute Gasteiger partial charge is 0.475 e. The minimum atomic E-state index is -3.35. The van der Waals surface area contributed by atoms with Crippen LogP contribution in [0.2, 0.25) is 0 Å². The van der Waals surface area contributed by atoms with Gasteiger partial charge < -0.3 is 0 Å². The number of halogens is 1. The molecule has 4 nitrogen and oxygen atoms in total. The molecular formula is C10H20ClO4P. The van der Waals surface area contributed by atoms with Crippen molar-refractivity contribution in [2.24, 2.45) is 0 Å². The van der Waals surface area contributed by atoms with E-state index in [4.69, 9.17) is 25.2 Å². The van der Waals surface area contributed by atoms with Crippen LogP contribution in [-0.2, 0) is 18.1 Å². The van der Waals surface area contributed by atoms with Gasteiger partial charge in [0.05, 0.1) is 19.3 Å². The fourth-order valence-corrected chi connectivity index (χ4v) is 3.38. The van der Waals surface area contributed by atoms with Gasteiger partial charge >= 0.3 is 7.82 Å². The second kappa shape index (κ2) is 6.97. The third-order valence-corrected chi connectivity index (χ3v) is 4.60. The van der Waals surface area contributed by atoms with Gasteiger partial charge in [-0.3, -0.25) is 13.6 Å². The van der Waals surface area contributed by atoms with E-state index in [9.17, 15) is 4.57 Å². The van der Waals surface area contributed by atoms with E-state index >= 15 is 0 Å². The molecule has 0 aromatic carbocycles. The molecule has 0 amide bonds. The predicted molar refractivity (Wildman–Crippen MR) is 63.8 cm³/mol. The quantitative estimate of drug-likeness (QED) is 0.545. The molecule has 0 heterocycles. The zero-order chi connectivity index (χ0) is 12.0. The van der Waals surface area contributed by atoms with Crippen molar-refractivity contribution in [3.05, 3.63) is 0 Å². The molecule has 1 saturated carbocycles. The molecule has 0 aromatic heterocycles. The van der Waals surface area contributed by atoms with Crippen LogP contribution >= 0.6 is 19.4 Å². The minimum Gasteiger partial charge on any atom is -0.287 e. The lowest BCUT2D eigenvalue weighted by molar-refractivity contribution is 0.0668. The first-order chi connectivity index (χ1) is 7.59. The van der Waals surface area contributed by atoms with Crippen molar-refractivity contribution in [1.82, 2.24) is 0 Å². The maximum Gasteiger partial charge on any atom is 0.475 e. The van der Waals surface area contributed by atoms with Gasteiger partial charge in [0.1, 0.15) is 0 Å². The second-order valence-electron chi connectivity index (χ2n) is 3.76. The van der Waals surface area contributed by atoms with Crippen LogP contribution in [0.3, 0.4) is 0 Å². The fraction of sp³-hybridized carbons (Fsp3) is 1.00. The zero-order valence-electron chi connectivity index (χ0n) is 9.86. The number of phosphoric ester groups is 1. The molecule has 16 heavy (non-hydrogen) atoms. The summed E-state index contributed by atoms with van der Waals surface area (Å²) in [5.41, 5.74) is 0. The van der Waals surface area contributed by atoms with Crippen LogP contribution in [-0.4, -0.2) is 24.7 Å². The average Bonchev–Trinajstić information content (AvgIpc) is 2.22. The predicted octanol–water partition coefficient (Wildman–Crippen LogP) is 3.73. The first kappa shape index (κ1) is 14.5. The van der Waals surface area contributed by atoms with Crippen LogP contribution in [0.25, 0.3) is 0 Å². The highest BCUT2D eigenvalue weighted by molar-refractivity contribution is 7.48. The Morgan fingerprint density at radius 2 is 1.62 bits per heavy atom. The van der Waals surface area contributed by atoms with E-state index in [1.807, 2.05) is 0 Å². The Labute approximate surface area is 102 Å². The van der Waals surface area contributed by atoms with Crippen LogP contribution in [0.1, 0.15) is 39.5 Å². The lowest BCUT2D eigenvalue weighted by Crippen LogP contribution is -2.21. The zero-order valence-corrected chi connectivity index (χ0v) is 11.5. The molecule has 1 aliphatic carbocycles. The summed E-state index contributed by atoms with van der Waals surface area (Å²) in [5.74, 6) is 0. The van der Waals surface area contributed by atoms with E-state index < -0.39 is 7.82 Å². The van der Waals surface area contributed by atoms with Crippen LogP contribution < -0.4 is 0 Å². The van der Waals surface area contributed by atoms with Crippen LogP contribution in [0.5, 0.6) is 0 Å². The van der Waals surface area contributed by atoms with Crippen molar-refractivity contribution in [2.75, 3.05) is 13.2 Å². The SMILES string of the molecule is CCOP(=O)(OCC)OC1CCC(Cl)CC1. The Morgan fingerprint density at radius 3 is 2.06 bits per heavy atom. The molecule has 0 aromatic rings. The molecule has 0 N–H and O–H groups in total. The van der Waals surface area contributed by atoms with Gasteiger partial charge in [-0.25, -0.2) is 4.57 Å². The van der Waals surface area contributed by atoms with Gasteiger partial charge in [-0.15, -0.1) is 11.6 Å². The first-order valence-corrected chi connectivity index (χ1v) is 7.71. The molecule has 1 rings (SSSR count). The summed E-state index contributed by atoms with van der Waals surface area (Å²) in [4.78, 5) is 0. The lowest BCUT2D eigenvalue weighted by Gasteiger charge is -2.27. The van der Waals surface area contributed by atoms with E-state index in [-0.39, 0.29) is 11.5 Å². The number of hydrogen-bond acceptors (Lipinski definition) is 4. The molecule has 1 aliphatic rings. The van der Waals surface area contributed by atoms with Crippen LogP contribution in [0.15, 0.2) is 0 Å². The molecule has 1 fully saturated rings. The van der Waals surface area contributed by atoms with Crippen molar-refractivity contribution in [3.8, 4) is 0 Å². The smallest absolute Gasteiger partial charge is 0.287 e. The van der Waals surface area contributed by atoms with Gasteiger partial charge in [0.25, 0.3) is 0 Å². The van der Waals surface area contributed by atoms with E-state index in [0.717, 1.165) is 25.7 Å². The van der Waals surface area contributed by atoms with Gasteiger partial charge in [-0.2, -0.15) is 0 Å². The Bertz CT molecular complexity index is 231. The molecule has 0 radical (unpaired) electrons. The fourth-order valence-electron chi connectivity index (χ4n) is 1.72. The topological polar surface area (TPSA) is 44.8 Å². The van der Waals surface area contributed by atoms with E-state index in [2.05, 4.69) is 0 Å².